The predicted molar refractivity (Wildman–Crippen MR) is 85.8 cm³/mol. The Labute approximate surface area is 140 Å². The molecule has 1 aliphatic carbocycles. The van der Waals surface area contributed by atoms with Gasteiger partial charge in [0.05, 0.1) is 24.7 Å². The van der Waals surface area contributed by atoms with Gasteiger partial charge in [-0.15, -0.1) is 0 Å². The highest BCUT2D eigenvalue weighted by atomic mass is 79.9. The number of aromatic nitrogens is 2. The zero-order chi connectivity index (χ0) is 19.4. The van der Waals surface area contributed by atoms with Crippen molar-refractivity contribution in [1.29, 1.82) is 0 Å². The Bertz CT molecular complexity index is 1020. The van der Waals surface area contributed by atoms with Gasteiger partial charge in [0.15, 0.2) is 5.78 Å². The van der Waals surface area contributed by atoms with Crippen LogP contribution < -0.4 is 11.3 Å². The van der Waals surface area contributed by atoms with Crippen molar-refractivity contribution >= 4 is 44.1 Å². The maximum absolute atomic E-state index is 13.1. The molecule has 1 aromatic carbocycles. The molecule has 1 heterocycles. The Hall–Kier alpha value is -2.02. The smallest absolute Gasteiger partial charge is 0.264 e. The van der Waals surface area contributed by atoms with Crippen LogP contribution in [-0.2, 0) is 9.59 Å². The molecule has 22 heavy (non-hydrogen) atoms. The molecule has 1 aliphatic rings. The van der Waals surface area contributed by atoms with E-state index in [9.17, 15) is 14.4 Å². The number of hydrogen-bond acceptors (Lipinski definition) is 5. The van der Waals surface area contributed by atoms with Gasteiger partial charge in [0.1, 0.15) is 11.6 Å². The highest BCUT2D eigenvalue weighted by Gasteiger charge is 2.30. The monoisotopic (exact) mass is 367 g/mol. The summed E-state index contributed by atoms with van der Waals surface area (Å²) in [5.41, 5.74) is 5.10. The van der Waals surface area contributed by atoms with Crippen LogP contribution in [0.3, 0.4) is 0 Å². The Balaban J connectivity index is 2.44. The van der Waals surface area contributed by atoms with Crippen LogP contribution in [0.1, 0.15) is 36.6 Å². The third-order valence-corrected chi connectivity index (χ3v) is 4.02. The minimum Gasteiger partial charge on any atom is -0.398 e. The zero-order valence-electron chi connectivity index (χ0n) is 15.4. The molecule has 7 heteroatoms. The number of benzene rings is 1. The summed E-state index contributed by atoms with van der Waals surface area (Å²) < 4.78 is 32.7. The van der Waals surface area contributed by atoms with E-state index in [1.807, 2.05) is 0 Å². The molecule has 1 fully saturated rings. The van der Waals surface area contributed by atoms with Crippen molar-refractivity contribution < 1.29 is 15.1 Å². The number of hydrogen-bond donors (Lipinski definition) is 1. The van der Waals surface area contributed by atoms with E-state index < -0.39 is 36.5 Å². The van der Waals surface area contributed by atoms with E-state index in [2.05, 4.69) is 20.9 Å². The number of halogens is 1. The lowest BCUT2D eigenvalue weighted by Gasteiger charge is -2.24. The van der Waals surface area contributed by atoms with Crippen LogP contribution >= 0.6 is 15.9 Å². The third kappa shape index (κ3) is 2.35. The van der Waals surface area contributed by atoms with Gasteiger partial charge in [-0.1, -0.05) is 15.9 Å². The molecule has 1 atom stereocenters. The molecular weight excluding hydrogens is 350 g/mol. The van der Waals surface area contributed by atoms with E-state index in [1.165, 1.54) is 12.1 Å². The molecule has 0 saturated heterocycles. The highest BCUT2D eigenvalue weighted by Crippen LogP contribution is 2.26. The summed E-state index contributed by atoms with van der Waals surface area (Å²) >= 11 is 3.21. The third-order valence-electron chi connectivity index (χ3n) is 3.56. The van der Waals surface area contributed by atoms with E-state index in [1.54, 1.807) is 0 Å². The molecule has 0 bridgehead atoms. The molecule has 3 rings (SSSR count). The number of anilines is 1. The first-order valence-corrected chi connectivity index (χ1v) is 7.32. The van der Waals surface area contributed by atoms with E-state index in [0.717, 1.165) is 0 Å². The van der Waals surface area contributed by atoms with Gasteiger partial charge in [-0.2, -0.15) is 0 Å². The van der Waals surface area contributed by atoms with E-state index in [0.29, 0.717) is 9.04 Å². The first-order valence-electron chi connectivity index (χ1n) is 8.53. The molecule has 0 radical (unpaired) electrons. The fourth-order valence-electron chi connectivity index (χ4n) is 2.56. The molecule has 0 amide bonds. The van der Waals surface area contributed by atoms with Crippen LogP contribution in [-0.4, -0.2) is 21.1 Å². The molecule has 1 saturated carbocycles. The highest BCUT2D eigenvalue weighted by molar-refractivity contribution is 9.10. The first-order chi connectivity index (χ1) is 11.9. The molecular formula is C15H14BrN3O3. The van der Waals surface area contributed by atoms with Crippen LogP contribution in [0.25, 0.3) is 10.9 Å². The van der Waals surface area contributed by atoms with Gasteiger partial charge in [0.25, 0.3) is 5.56 Å². The average molecular weight is 368 g/mol. The number of nitrogens with zero attached hydrogens (tertiary/aromatic N) is 2. The normalized spacial score (nSPS) is 25.5. The second kappa shape index (κ2) is 5.31. The Morgan fingerprint density at radius 1 is 1.45 bits per heavy atom. The lowest BCUT2D eigenvalue weighted by Crippen LogP contribution is -2.36. The van der Waals surface area contributed by atoms with E-state index in [-0.39, 0.29) is 35.2 Å². The second-order valence-corrected chi connectivity index (χ2v) is 5.97. The molecule has 6 nitrogen and oxygen atoms in total. The van der Waals surface area contributed by atoms with Crippen molar-refractivity contribution in [3.8, 4) is 0 Å². The maximum atomic E-state index is 13.1. The van der Waals surface area contributed by atoms with Crippen molar-refractivity contribution in [3.05, 3.63) is 32.8 Å². The van der Waals surface area contributed by atoms with E-state index in [4.69, 9.17) is 11.2 Å². The molecule has 0 unspecified atom stereocenters. The fourth-order valence-corrected chi connectivity index (χ4v) is 3.02. The second-order valence-electron chi connectivity index (χ2n) is 5.05. The number of nitrogen functional groups attached to an aromatic ring is 1. The molecule has 2 aromatic rings. The van der Waals surface area contributed by atoms with Gasteiger partial charge in [0, 0.05) is 20.7 Å². The van der Waals surface area contributed by atoms with Crippen LogP contribution in [0, 0.1) is 6.85 Å². The minimum absolute atomic E-state index is 0.0423. The number of aryl methyl sites for hydroxylation is 1. The predicted octanol–water partition coefficient (Wildman–Crippen LogP) is 1.91. The van der Waals surface area contributed by atoms with Gasteiger partial charge in [0.2, 0.25) is 0 Å². The Kier molecular flexibility index (Phi) is 2.58. The summed E-state index contributed by atoms with van der Waals surface area (Å²) in [5.74, 6) is -1.86. The first kappa shape index (κ1) is 10.7. The standard InChI is InChI=1S/C15H14BrN3O3/c1-7-18-11-5-8(16)4-10(17)14(11)15(22)19(7)12-3-2-9(20)6-13(12)21/h4-5,12H,2-3,6,17H2,1H3/t12-/m0/s1/i1D3,12D. The lowest BCUT2D eigenvalue weighted by atomic mass is 9.92. The van der Waals surface area contributed by atoms with Crippen LogP contribution in [0.15, 0.2) is 21.4 Å². The maximum Gasteiger partial charge on any atom is 0.264 e. The fraction of sp³-hybridized carbons (Fsp3) is 0.333. The number of ketones is 2. The van der Waals surface area contributed by atoms with Crippen molar-refractivity contribution in [2.24, 2.45) is 0 Å². The summed E-state index contributed by atoms with van der Waals surface area (Å²) in [4.78, 5) is 41.1. The largest absolute Gasteiger partial charge is 0.398 e. The number of nitrogens with two attached hydrogens (primary N) is 1. The molecule has 2 N–H and O–H groups in total. The van der Waals surface area contributed by atoms with Crippen molar-refractivity contribution in [1.82, 2.24) is 9.55 Å². The van der Waals surface area contributed by atoms with Crippen molar-refractivity contribution in [2.45, 2.75) is 32.1 Å². The summed E-state index contributed by atoms with van der Waals surface area (Å²) in [5, 5.41) is -0.0717. The Morgan fingerprint density at radius 2 is 2.23 bits per heavy atom. The van der Waals surface area contributed by atoms with Gasteiger partial charge >= 0.3 is 0 Å². The van der Waals surface area contributed by atoms with Crippen LogP contribution in [0.5, 0.6) is 0 Å². The lowest BCUT2D eigenvalue weighted by molar-refractivity contribution is -0.132. The zero-order valence-corrected chi connectivity index (χ0v) is 12.9. The number of carbonyl (C=O) groups is 2. The van der Waals surface area contributed by atoms with Crippen LogP contribution in [0.4, 0.5) is 5.69 Å². The average Bonchev–Trinajstić information content (AvgIpc) is 2.49. The van der Waals surface area contributed by atoms with Gasteiger partial charge < -0.3 is 5.73 Å². The molecule has 114 valence electrons. The van der Waals surface area contributed by atoms with Gasteiger partial charge in [-0.05, 0) is 25.4 Å². The molecule has 0 spiro atoms. The van der Waals surface area contributed by atoms with Crippen molar-refractivity contribution in [3.63, 3.8) is 0 Å². The minimum atomic E-state index is -2.85. The SMILES string of the molecule is [2H]C([2H])([2H])c1nc2cc(Br)cc(N)c2c(=O)n1[C@@]1([2H])CCC(=O)CC1=O. The molecule has 0 aliphatic heterocycles. The summed E-state index contributed by atoms with van der Waals surface area (Å²) in [6, 6.07) is 0.679. The summed E-state index contributed by atoms with van der Waals surface area (Å²) in [6.07, 6.45) is -0.919. The molecule has 1 aromatic heterocycles. The number of rotatable bonds is 1. The van der Waals surface area contributed by atoms with Crippen LogP contribution in [0.2, 0.25) is 0 Å². The van der Waals surface area contributed by atoms with Gasteiger partial charge in [-0.25, -0.2) is 4.98 Å². The number of Topliss-reactive ketones (excluding diaryl/α,β-unsaturated/α-hetero) is 2. The van der Waals surface area contributed by atoms with E-state index >= 15 is 0 Å². The summed E-state index contributed by atoms with van der Waals surface area (Å²) in [7, 11) is 0. The topological polar surface area (TPSA) is 95.0 Å². The Morgan fingerprint density at radius 3 is 2.91 bits per heavy atom. The quantitative estimate of drug-likeness (QED) is 0.613. The number of carbonyl (C=O) groups excluding carboxylic acids is 2. The number of fused-ring (bicyclic) bond motifs is 1. The van der Waals surface area contributed by atoms with Crippen molar-refractivity contribution in [2.75, 3.05) is 5.73 Å². The summed E-state index contributed by atoms with van der Waals surface area (Å²) in [6.45, 7) is -2.85. The van der Waals surface area contributed by atoms with Gasteiger partial charge in [-0.3, -0.25) is 19.0 Å².